The maximum atomic E-state index is 12.3. The van der Waals surface area contributed by atoms with Gasteiger partial charge in [-0.25, -0.2) is 15.0 Å². The number of rotatable bonds is 7. The Morgan fingerprint density at radius 2 is 2.26 bits per heavy atom. The van der Waals surface area contributed by atoms with Crippen molar-refractivity contribution in [3.05, 3.63) is 12.7 Å². The number of carbonyl (C=O) groups is 1. The molecule has 0 amide bonds. The van der Waals surface area contributed by atoms with Gasteiger partial charge in [0.1, 0.15) is 30.1 Å². The lowest BCUT2D eigenvalue weighted by atomic mass is 10.1. The summed E-state index contributed by atoms with van der Waals surface area (Å²) in [5.74, 6) is 0.230. The van der Waals surface area contributed by atoms with Gasteiger partial charge in [0.2, 0.25) is 0 Å². The molecule has 1 aliphatic heterocycles. The molecule has 1 unspecified atom stereocenters. The summed E-state index contributed by atoms with van der Waals surface area (Å²) in [6.07, 6.45) is 0.796. The molecule has 5 atom stereocenters. The number of hydrogen-bond donors (Lipinski definition) is 4. The maximum Gasteiger partial charge on any atom is 0.323 e. The smallest absolute Gasteiger partial charge is 0.323 e. The van der Waals surface area contributed by atoms with Crippen molar-refractivity contribution in [2.75, 3.05) is 24.3 Å². The second-order valence-electron chi connectivity index (χ2n) is 6.11. The third-order valence-corrected chi connectivity index (χ3v) is 4.99. The van der Waals surface area contributed by atoms with Gasteiger partial charge in [-0.05, 0) is 18.4 Å². The number of aliphatic hydroxyl groups excluding tert-OH is 2. The molecule has 27 heavy (non-hydrogen) atoms. The Morgan fingerprint density at radius 1 is 1.48 bits per heavy atom. The summed E-state index contributed by atoms with van der Waals surface area (Å²) in [6.45, 7) is -0.450. The molecule has 0 saturated carbocycles. The zero-order valence-corrected chi connectivity index (χ0v) is 15.5. The van der Waals surface area contributed by atoms with E-state index in [-0.39, 0.29) is 5.82 Å². The number of imidazole rings is 1. The Balaban J connectivity index is 1.87. The molecule has 6 N–H and O–H groups in total. The molecule has 3 heterocycles. The van der Waals surface area contributed by atoms with Crippen molar-refractivity contribution in [3.8, 4) is 0 Å². The number of hydrogen-bond acceptors (Lipinski definition) is 11. The van der Waals surface area contributed by atoms with Gasteiger partial charge >= 0.3 is 5.97 Å². The van der Waals surface area contributed by atoms with Crippen molar-refractivity contribution in [1.82, 2.24) is 19.5 Å². The lowest BCUT2D eigenvalue weighted by molar-refractivity contribution is -0.160. The first kappa shape index (κ1) is 19.8. The molecule has 3 rings (SSSR count). The van der Waals surface area contributed by atoms with Crippen LogP contribution in [0.25, 0.3) is 11.2 Å². The number of ether oxygens (including phenoxy) is 2. The minimum Gasteiger partial charge on any atom is -0.453 e. The van der Waals surface area contributed by atoms with Crippen molar-refractivity contribution in [1.29, 1.82) is 0 Å². The van der Waals surface area contributed by atoms with Crippen LogP contribution in [0.15, 0.2) is 12.7 Å². The molecule has 0 radical (unpaired) electrons. The van der Waals surface area contributed by atoms with Gasteiger partial charge < -0.3 is 31.2 Å². The molecule has 12 heteroatoms. The summed E-state index contributed by atoms with van der Waals surface area (Å²) in [5.41, 5.74) is 12.3. The summed E-state index contributed by atoms with van der Waals surface area (Å²) < 4.78 is 12.6. The van der Waals surface area contributed by atoms with E-state index in [1.807, 2.05) is 6.26 Å². The summed E-state index contributed by atoms with van der Waals surface area (Å²) >= 11 is 1.56. The van der Waals surface area contributed by atoms with Crippen molar-refractivity contribution < 1.29 is 24.5 Å². The van der Waals surface area contributed by atoms with E-state index in [4.69, 9.17) is 20.9 Å². The summed E-state index contributed by atoms with van der Waals surface area (Å²) in [7, 11) is 0. The molecular formula is C15H22N6O5S. The molecular weight excluding hydrogens is 376 g/mol. The average molecular weight is 398 g/mol. The minimum atomic E-state index is -1.24. The van der Waals surface area contributed by atoms with Gasteiger partial charge in [0.25, 0.3) is 0 Å². The SMILES string of the molecule is CSCCC(N)C(=O)O[C@@H]1[C@H](O)[C@@H](CO)O[C@H]1n1cnc2c(N)ncnc21. The van der Waals surface area contributed by atoms with Crippen molar-refractivity contribution in [2.45, 2.75) is 37.0 Å². The second kappa shape index (κ2) is 8.35. The number of aliphatic hydroxyl groups is 2. The number of carbonyl (C=O) groups excluding carboxylic acids is 1. The molecule has 1 saturated heterocycles. The highest BCUT2D eigenvalue weighted by Crippen LogP contribution is 2.34. The van der Waals surface area contributed by atoms with Gasteiger partial charge in [-0.1, -0.05) is 0 Å². The number of aromatic nitrogens is 4. The molecule has 0 aromatic carbocycles. The molecule has 1 fully saturated rings. The van der Waals surface area contributed by atoms with E-state index in [2.05, 4.69) is 15.0 Å². The summed E-state index contributed by atoms with van der Waals surface area (Å²) in [6, 6.07) is -0.823. The fourth-order valence-corrected chi connectivity index (χ4v) is 3.35. The number of nitrogen functional groups attached to an aromatic ring is 1. The monoisotopic (exact) mass is 398 g/mol. The number of thioether (sulfide) groups is 1. The van der Waals surface area contributed by atoms with Crippen LogP contribution in [-0.2, 0) is 14.3 Å². The van der Waals surface area contributed by atoms with Gasteiger partial charge in [0.05, 0.1) is 12.9 Å². The number of fused-ring (bicyclic) bond motifs is 1. The quantitative estimate of drug-likeness (QED) is 0.406. The first-order valence-corrected chi connectivity index (χ1v) is 9.69. The van der Waals surface area contributed by atoms with Crippen LogP contribution < -0.4 is 11.5 Å². The predicted octanol–water partition coefficient (Wildman–Crippen LogP) is -1.35. The van der Waals surface area contributed by atoms with Crippen LogP contribution in [0.2, 0.25) is 0 Å². The Morgan fingerprint density at radius 3 is 2.96 bits per heavy atom. The van der Waals surface area contributed by atoms with Crippen LogP contribution in [0.5, 0.6) is 0 Å². The van der Waals surface area contributed by atoms with E-state index in [1.54, 1.807) is 11.8 Å². The standard InChI is InChI=1S/C15H22N6O5S/c1-27-3-2-7(16)15(24)26-11-10(23)8(4-22)25-14(11)21-6-20-9-12(17)18-5-19-13(9)21/h5-8,10-11,14,22-23H,2-4,16H2,1H3,(H2,17,18,19)/t7?,8-,10-,11-,14-/m1/s1. The van der Waals surface area contributed by atoms with Gasteiger partial charge in [-0.15, -0.1) is 0 Å². The van der Waals surface area contributed by atoms with Gasteiger partial charge in [0.15, 0.2) is 23.8 Å². The van der Waals surface area contributed by atoms with Crippen LogP contribution >= 0.6 is 11.8 Å². The van der Waals surface area contributed by atoms with E-state index in [0.29, 0.717) is 23.3 Å². The number of nitrogens with two attached hydrogens (primary N) is 2. The van der Waals surface area contributed by atoms with E-state index in [9.17, 15) is 15.0 Å². The third kappa shape index (κ3) is 3.84. The normalized spacial score (nSPS) is 26.4. The Labute approximate surface area is 159 Å². The molecule has 0 spiro atoms. The van der Waals surface area contributed by atoms with E-state index in [1.165, 1.54) is 17.2 Å². The van der Waals surface area contributed by atoms with Gasteiger partial charge in [-0.2, -0.15) is 11.8 Å². The van der Waals surface area contributed by atoms with Crippen molar-refractivity contribution in [3.63, 3.8) is 0 Å². The lowest BCUT2D eigenvalue weighted by Crippen LogP contribution is -2.42. The lowest BCUT2D eigenvalue weighted by Gasteiger charge is -2.23. The Hall–Kier alpha value is -1.99. The fourth-order valence-electron chi connectivity index (χ4n) is 2.86. The number of nitrogens with zero attached hydrogens (tertiary/aromatic N) is 4. The molecule has 0 bridgehead atoms. The van der Waals surface area contributed by atoms with Crippen LogP contribution in [0.4, 0.5) is 5.82 Å². The highest BCUT2D eigenvalue weighted by atomic mass is 32.2. The van der Waals surface area contributed by atoms with E-state index >= 15 is 0 Å². The Bertz CT molecular complexity index is 804. The average Bonchev–Trinajstić information content (AvgIpc) is 3.22. The van der Waals surface area contributed by atoms with Gasteiger partial charge in [0, 0.05) is 0 Å². The summed E-state index contributed by atoms with van der Waals surface area (Å²) in [5, 5.41) is 19.9. The molecule has 2 aromatic rings. The third-order valence-electron chi connectivity index (χ3n) is 4.34. The summed E-state index contributed by atoms with van der Waals surface area (Å²) in [4.78, 5) is 24.5. The number of esters is 1. The Kier molecular flexibility index (Phi) is 6.11. The highest BCUT2D eigenvalue weighted by Gasteiger charge is 2.48. The zero-order valence-electron chi connectivity index (χ0n) is 14.6. The molecule has 0 aliphatic carbocycles. The fraction of sp³-hybridized carbons (Fsp3) is 0.600. The zero-order chi connectivity index (χ0) is 19.6. The van der Waals surface area contributed by atoms with E-state index in [0.717, 1.165) is 0 Å². The molecule has 1 aliphatic rings. The van der Waals surface area contributed by atoms with Crippen LogP contribution in [0.3, 0.4) is 0 Å². The van der Waals surface area contributed by atoms with Crippen LogP contribution in [0, 0.1) is 0 Å². The predicted molar refractivity (Wildman–Crippen MR) is 97.6 cm³/mol. The van der Waals surface area contributed by atoms with Crippen LogP contribution in [-0.4, -0.2) is 78.7 Å². The maximum absolute atomic E-state index is 12.3. The topological polar surface area (TPSA) is 172 Å². The first-order chi connectivity index (χ1) is 13.0. The molecule has 148 valence electrons. The largest absolute Gasteiger partial charge is 0.453 e. The van der Waals surface area contributed by atoms with Gasteiger partial charge in [-0.3, -0.25) is 9.36 Å². The van der Waals surface area contributed by atoms with E-state index < -0.39 is 43.2 Å². The van der Waals surface area contributed by atoms with Crippen molar-refractivity contribution in [2.24, 2.45) is 5.73 Å². The first-order valence-electron chi connectivity index (χ1n) is 8.30. The van der Waals surface area contributed by atoms with Crippen molar-refractivity contribution >= 4 is 34.7 Å². The molecule has 11 nitrogen and oxygen atoms in total. The highest BCUT2D eigenvalue weighted by molar-refractivity contribution is 7.98. The van der Waals surface area contributed by atoms with Crippen LogP contribution in [0.1, 0.15) is 12.6 Å². The second-order valence-corrected chi connectivity index (χ2v) is 7.10. The molecule has 2 aromatic heterocycles. The minimum absolute atomic E-state index is 0.184. The number of anilines is 1.